The van der Waals surface area contributed by atoms with Gasteiger partial charge < -0.3 is 4.55 Å². The van der Waals surface area contributed by atoms with Gasteiger partial charge in [-0.25, -0.2) is 0 Å². The monoisotopic (exact) mass is 251 g/mol. The molecule has 0 radical (unpaired) electrons. The number of nitrogens with zero attached hydrogens (tertiary/aromatic N) is 1. The molecule has 0 bridgehead atoms. The largest absolute Gasteiger partial charge is 0.591 e. The molecule has 0 aliphatic heterocycles. The predicted molar refractivity (Wildman–Crippen MR) is 75.7 cm³/mol. The van der Waals surface area contributed by atoms with Crippen molar-refractivity contribution in [1.29, 1.82) is 0 Å². The highest BCUT2D eigenvalue weighted by atomic mass is 32.2. The molecule has 1 unspecified atom stereocenters. The molecule has 0 saturated heterocycles. The Morgan fingerprint density at radius 1 is 1.29 bits per heavy atom. The molecule has 2 nitrogen and oxygen atoms in total. The average Bonchev–Trinajstić information content (AvgIpc) is 2.29. The lowest BCUT2D eigenvalue weighted by molar-refractivity contribution is 0.583. The second-order valence-corrected chi connectivity index (χ2v) is 5.73. The van der Waals surface area contributed by atoms with Crippen molar-refractivity contribution in [2.75, 3.05) is 5.75 Å². The first-order chi connectivity index (χ1) is 8.18. The molecule has 3 heteroatoms. The summed E-state index contributed by atoms with van der Waals surface area (Å²) in [7, 11) is 0. The number of rotatable bonds is 7. The van der Waals surface area contributed by atoms with Crippen LogP contribution in [0.5, 0.6) is 0 Å². The van der Waals surface area contributed by atoms with Crippen LogP contribution in [0.3, 0.4) is 0 Å². The smallest absolute Gasteiger partial charge is 0.135 e. The average molecular weight is 251 g/mol. The van der Waals surface area contributed by atoms with Crippen LogP contribution in [-0.2, 0) is 17.8 Å². The van der Waals surface area contributed by atoms with Gasteiger partial charge in [-0.1, -0.05) is 48.6 Å². The van der Waals surface area contributed by atoms with E-state index in [9.17, 15) is 4.55 Å². The van der Waals surface area contributed by atoms with Gasteiger partial charge in [0.25, 0.3) is 0 Å². The molecule has 17 heavy (non-hydrogen) atoms. The van der Waals surface area contributed by atoms with E-state index in [0.717, 1.165) is 19.3 Å². The fourth-order valence-electron chi connectivity index (χ4n) is 1.51. The zero-order valence-corrected chi connectivity index (χ0v) is 11.5. The Balaban J connectivity index is 2.13. The Bertz CT molecular complexity index is 324. The second-order valence-electron chi connectivity index (χ2n) is 4.55. The van der Waals surface area contributed by atoms with Crippen molar-refractivity contribution in [3.05, 3.63) is 35.9 Å². The molecule has 0 heterocycles. The standard InChI is InChI=1S/C14H21NOS/c1-13(2)12-17(16)15-11-7-6-10-14-8-4-3-5-9-14/h3-5,8-9,11,13H,6-7,10,12H2,1-2H3/b15-11-. The predicted octanol–water partition coefficient (Wildman–Crippen LogP) is 3.40. The molecule has 0 saturated carbocycles. The lowest BCUT2D eigenvalue weighted by atomic mass is 10.1. The van der Waals surface area contributed by atoms with E-state index in [1.807, 2.05) is 6.07 Å². The summed E-state index contributed by atoms with van der Waals surface area (Å²) in [5.41, 5.74) is 1.35. The van der Waals surface area contributed by atoms with Crippen LogP contribution in [-0.4, -0.2) is 16.5 Å². The fourth-order valence-corrected chi connectivity index (χ4v) is 2.43. The maximum absolute atomic E-state index is 11.4. The maximum Gasteiger partial charge on any atom is 0.135 e. The van der Waals surface area contributed by atoms with Crippen molar-refractivity contribution in [3.8, 4) is 0 Å². The van der Waals surface area contributed by atoms with Crippen LogP contribution in [0.2, 0.25) is 0 Å². The molecule has 0 aliphatic carbocycles. The third kappa shape index (κ3) is 7.18. The summed E-state index contributed by atoms with van der Waals surface area (Å²) in [6.07, 6.45) is 4.83. The molecule has 0 amide bonds. The third-order valence-electron chi connectivity index (χ3n) is 2.31. The molecule has 1 rings (SSSR count). The second kappa shape index (κ2) is 8.31. The number of hydrogen-bond donors (Lipinski definition) is 0. The minimum atomic E-state index is -1.03. The van der Waals surface area contributed by atoms with E-state index in [1.54, 1.807) is 6.21 Å². The number of unbranched alkanes of at least 4 members (excludes halogenated alkanes) is 1. The van der Waals surface area contributed by atoms with Crippen molar-refractivity contribution in [2.24, 2.45) is 10.3 Å². The fraction of sp³-hybridized carbons (Fsp3) is 0.500. The summed E-state index contributed by atoms with van der Waals surface area (Å²) in [5.74, 6) is 1.10. The van der Waals surface area contributed by atoms with Crippen LogP contribution in [0.4, 0.5) is 0 Å². The van der Waals surface area contributed by atoms with E-state index >= 15 is 0 Å². The zero-order valence-electron chi connectivity index (χ0n) is 10.6. The van der Waals surface area contributed by atoms with Gasteiger partial charge in [-0.15, -0.1) is 0 Å². The first kappa shape index (κ1) is 14.3. The molecule has 1 atom stereocenters. The molecule has 94 valence electrons. The van der Waals surface area contributed by atoms with Crippen LogP contribution in [0.25, 0.3) is 0 Å². The van der Waals surface area contributed by atoms with Crippen LogP contribution < -0.4 is 0 Å². The van der Waals surface area contributed by atoms with Crippen molar-refractivity contribution in [1.82, 2.24) is 0 Å². The van der Waals surface area contributed by atoms with Crippen LogP contribution in [0.1, 0.15) is 32.3 Å². The van der Waals surface area contributed by atoms with E-state index in [1.165, 1.54) is 5.56 Å². The Morgan fingerprint density at radius 2 is 2.00 bits per heavy atom. The summed E-state index contributed by atoms with van der Waals surface area (Å²) >= 11 is -1.03. The van der Waals surface area contributed by atoms with Crippen molar-refractivity contribution >= 4 is 17.6 Å². The molecule has 0 fully saturated rings. The normalized spacial score (nSPS) is 13.4. The Kier molecular flexibility index (Phi) is 6.97. The van der Waals surface area contributed by atoms with Crippen LogP contribution >= 0.6 is 0 Å². The van der Waals surface area contributed by atoms with E-state index in [2.05, 4.69) is 42.5 Å². The number of hydrogen-bond acceptors (Lipinski definition) is 2. The Labute approximate surface area is 107 Å². The van der Waals surface area contributed by atoms with Gasteiger partial charge >= 0.3 is 0 Å². The topological polar surface area (TPSA) is 35.4 Å². The van der Waals surface area contributed by atoms with Gasteiger partial charge in [0.15, 0.2) is 0 Å². The molecule has 0 N–H and O–H groups in total. The summed E-state index contributed by atoms with van der Waals surface area (Å²) in [4.78, 5) is 0. The third-order valence-corrected chi connectivity index (χ3v) is 3.65. The van der Waals surface area contributed by atoms with Gasteiger partial charge in [-0.2, -0.15) is 0 Å². The first-order valence-electron chi connectivity index (χ1n) is 6.13. The van der Waals surface area contributed by atoms with Crippen LogP contribution in [0, 0.1) is 5.92 Å². The van der Waals surface area contributed by atoms with E-state index in [-0.39, 0.29) is 0 Å². The van der Waals surface area contributed by atoms with Gasteiger partial charge in [0, 0.05) is 5.92 Å². The maximum atomic E-state index is 11.4. The van der Waals surface area contributed by atoms with Crippen molar-refractivity contribution < 1.29 is 4.55 Å². The quantitative estimate of drug-likeness (QED) is 0.415. The van der Waals surface area contributed by atoms with Crippen molar-refractivity contribution in [3.63, 3.8) is 0 Å². The van der Waals surface area contributed by atoms with E-state index < -0.39 is 11.4 Å². The SMILES string of the molecule is CC(C)C[S+]([O-])/N=C\CCCc1ccccc1. The molecular formula is C14H21NOS. The summed E-state index contributed by atoms with van der Waals surface area (Å²) < 4.78 is 15.4. The highest BCUT2D eigenvalue weighted by molar-refractivity contribution is 7.90. The molecule has 0 aliphatic rings. The lowest BCUT2D eigenvalue weighted by Gasteiger charge is -2.05. The van der Waals surface area contributed by atoms with Gasteiger partial charge in [-0.05, 0) is 24.8 Å². The number of aryl methyl sites for hydroxylation is 1. The van der Waals surface area contributed by atoms with Gasteiger partial charge in [0.1, 0.15) is 5.75 Å². The molecule has 0 aromatic heterocycles. The zero-order chi connectivity index (χ0) is 12.5. The first-order valence-corrected chi connectivity index (χ1v) is 7.41. The Morgan fingerprint density at radius 3 is 2.65 bits per heavy atom. The molecular weight excluding hydrogens is 230 g/mol. The van der Waals surface area contributed by atoms with E-state index in [0.29, 0.717) is 11.7 Å². The van der Waals surface area contributed by atoms with E-state index in [4.69, 9.17) is 0 Å². The van der Waals surface area contributed by atoms with Gasteiger partial charge in [-0.3, -0.25) is 0 Å². The number of benzene rings is 1. The summed E-state index contributed by atoms with van der Waals surface area (Å²) in [6, 6.07) is 10.4. The summed E-state index contributed by atoms with van der Waals surface area (Å²) in [6.45, 7) is 4.12. The Hall–Kier alpha value is -0.800. The van der Waals surface area contributed by atoms with Gasteiger partial charge in [0.2, 0.25) is 0 Å². The van der Waals surface area contributed by atoms with Crippen molar-refractivity contribution in [2.45, 2.75) is 33.1 Å². The highest BCUT2D eigenvalue weighted by Gasteiger charge is 2.06. The minimum Gasteiger partial charge on any atom is -0.591 e. The van der Waals surface area contributed by atoms with Gasteiger partial charge in [0.05, 0.1) is 17.6 Å². The summed E-state index contributed by atoms with van der Waals surface area (Å²) in [5, 5.41) is 0. The lowest BCUT2D eigenvalue weighted by Crippen LogP contribution is -2.08. The minimum absolute atomic E-state index is 0.442. The highest BCUT2D eigenvalue weighted by Crippen LogP contribution is 2.05. The van der Waals surface area contributed by atoms with Crippen LogP contribution in [0.15, 0.2) is 34.7 Å². The molecule has 0 spiro atoms. The molecule has 1 aromatic rings. The molecule has 1 aromatic carbocycles.